The molecule has 2 aromatic carbocycles. The SMILES string of the molecule is CCCC(NC(=O)Nc1ccc(C(=O)OCC)cc1)C(=O)N1CCN(C/C=C/c2ccccc2)CC1. The normalized spacial score (nSPS) is 14.9. The second-order valence-corrected chi connectivity index (χ2v) is 8.68. The van der Waals surface area contributed by atoms with Gasteiger partial charge in [0.1, 0.15) is 6.04 Å². The molecule has 1 aliphatic heterocycles. The number of carbonyl (C=O) groups is 3. The van der Waals surface area contributed by atoms with Gasteiger partial charge in [0.25, 0.3) is 0 Å². The predicted octanol–water partition coefficient (Wildman–Crippen LogP) is 4.01. The zero-order valence-corrected chi connectivity index (χ0v) is 21.1. The molecule has 8 nitrogen and oxygen atoms in total. The molecule has 3 amide bonds. The molecular weight excluding hydrogens is 456 g/mol. The fourth-order valence-corrected chi connectivity index (χ4v) is 4.05. The van der Waals surface area contributed by atoms with Gasteiger partial charge in [-0.2, -0.15) is 0 Å². The Labute approximate surface area is 213 Å². The summed E-state index contributed by atoms with van der Waals surface area (Å²) in [6.45, 7) is 7.74. The van der Waals surface area contributed by atoms with Crippen molar-refractivity contribution in [2.75, 3.05) is 44.6 Å². The first-order valence-electron chi connectivity index (χ1n) is 12.6. The Kier molecular flexibility index (Phi) is 10.5. The second kappa shape index (κ2) is 14.0. The molecule has 0 bridgehead atoms. The highest BCUT2D eigenvalue weighted by Crippen LogP contribution is 2.12. The molecule has 36 heavy (non-hydrogen) atoms. The number of urea groups is 1. The summed E-state index contributed by atoms with van der Waals surface area (Å²) in [5, 5.41) is 5.57. The number of rotatable bonds is 10. The number of esters is 1. The first kappa shape index (κ1) is 26.9. The molecule has 2 N–H and O–H groups in total. The lowest BCUT2D eigenvalue weighted by Gasteiger charge is -2.36. The molecule has 192 valence electrons. The van der Waals surface area contributed by atoms with Gasteiger partial charge in [0.2, 0.25) is 5.91 Å². The smallest absolute Gasteiger partial charge is 0.338 e. The lowest BCUT2D eigenvalue weighted by atomic mass is 10.1. The van der Waals surface area contributed by atoms with Crippen LogP contribution < -0.4 is 10.6 Å². The van der Waals surface area contributed by atoms with Crippen molar-refractivity contribution < 1.29 is 19.1 Å². The molecule has 0 aliphatic carbocycles. The van der Waals surface area contributed by atoms with Gasteiger partial charge in [-0.15, -0.1) is 0 Å². The fourth-order valence-electron chi connectivity index (χ4n) is 4.05. The van der Waals surface area contributed by atoms with Crippen molar-refractivity contribution in [1.82, 2.24) is 15.1 Å². The van der Waals surface area contributed by atoms with E-state index in [1.807, 2.05) is 30.0 Å². The van der Waals surface area contributed by atoms with Crippen LogP contribution in [-0.2, 0) is 9.53 Å². The van der Waals surface area contributed by atoms with Crippen LogP contribution in [0.5, 0.6) is 0 Å². The molecule has 1 atom stereocenters. The monoisotopic (exact) mass is 492 g/mol. The van der Waals surface area contributed by atoms with Crippen LogP contribution >= 0.6 is 0 Å². The third-order valence-electron chi connectivity index (χ3n) is 5.99. The largest absolute Gasteiger partial charge is 0.462 e. The lowest BCUT2D eigenvalue weighted by Crippen LogP contribution is -2.55. The minimum absolute atomic E-state index is 0.0517. The highest BCUT2D eigenvalue weighted by molar-refractivity contribution is 5.95. The lowest BCUT2D eigenvalue weighted by molar-refractivity contribution is -0.135. The average Bonchev–Trinajstić information content (AvgIpc) is 2.89. The molecule has 0 aromatic heterocycles. The summed E-state index contributed by atoms with van der Waals surface area (Å²) >= 11 is 0. The summed E-state index contributed by atoms with van der Waals surface area (Å²) in [6.07, 6.45) is 5.60. The number of hydrogen-bond acceptors (Lipinski definition) is 5. The van der Waals surface area contributed by atoms with Crippen LogP contribution in [-0.4, -0.2) is 73.1 Å². The van der Waals surface area contributed by atoms with Crippen LogP contribution in [0.4, 0.5) is 10.5 Å². The van der Waals surface area contributed by atoms with Gasteiger partial charge in [-0.25, -0.2) is 9.59 Å². The Morgan fingerprint density at radius 3 is 2.31 bits per heavy atom. The third-order valence-corrected chi connectivity index (χ3v) is 5.99. The number of nitrogens with zero attached hydrogens (tertiary/aromatic N) is 2. The maximum Gasteiger partial charge on any atom is 0.338 e. The van der Waals surface area contributed by atoms with Gasteiger partial charge >= 0.3 is 12.0 Å². The van der Waals surface area contributed by atoms with Gasteiger partial charge in [0.05, 0.1) is 12.2 Å². The van der Waals surface area contributed by atoms with E-state index in [0.29, 0.717) is 37.4 Å². The molecule has 0 radical (unpaired) electrons. The maximum absolute atomic E-state index is 13.2. The van der Waals surface area contributed by atoms with E-state index in [-0.39, 0.29) is 5.91 Å². The van der Waals surface area contributed by atoms with Gasteiger partial charge in [-0.05, 0) is 43.2 Å². The van der Waals surface area contributed by atoms with Crippen molar-refractivity contribution in [3.8, 4) is 0 Å². The summed E-state index contributed by atoms with van der Waals surface area (Å²) in [5.41, 5.74) is 2.12. The van der Waals surface area contributed by atoms with Crippen LogP contribution in [0.25, 0.3) is 6.08 Å². The maximum atomic E-state index is 13.2. The van der Waals surface area contributed by atoms with Crippen molar-refractivity contribution >= 4 is 29.7 Å². The number of ether oxygens (including phenoxy) is 1. The number of hydrogen-bond donors (Lipinski definition) is 2. The molecule has 0 spiro atoms. The molecule has 8 heteroatoms. The number of benzene rings is 2. The van der Waals surface area contributed by atoms with Crippen LogP contribution in [0, 0.1) is 0 Å². The van der Waals surface area contributed by atoms with Crippen molar-refractivity contribution in [2.24, 2.45) is 0 Å². The number of carbonyl (C=O) groups excluding carboxylic acids is 3. The van der Waals surface area contributed by atoms with Gasteiger partial charge in [-0.1, -0.05) is 55.8 Å². The minimum atomic E-state index is -0.585. The average molecular weight is 493 g/mol. The molecule has 3 rings (SSSR count). The predicted molar refractivity (Wildman–Crippen MR) is 142 cm³/mol. The Morgan fingerprint density at radius 2 is 1.67 bits per heavy atom. The summed E-state index contributed by atoms with van der Waals surface area (Å²) in [6, 6.07) is 15.6. The van der Waals surface area contributed by atoms with E-state index in [2.05, 4.69) is 39.8 Å². The number of piperazine rings is 1. The molecule has 1 saturated heterocycles. The summed E-state index contributed by atoms with van der Waals surface area (Å²) in [5.74, 6) is -0.460. The van der Waals surface area contributed by atoms with E-state index in [0.717, 1.165) is 26.1 Å². The Morgan fingerprint density at radius 1 is 0.972 bits per heavy atom. The zero-order chi connectivity index (χ0) is 25.8. The number of amides is 3. The molecular formula is C28H36N4O4. The van der Waals surface area contributed by atoms with E-state index >= 15 is 0 Å². The highest BCUT2D eigenvalue weighted by atomic mass is 16.5. The van der Waals surface area contributed by atoms with Crippen molar-refractivity contribution in [1.29, 1.82) is 0 Å². The first-order valence-corrected chi connectivity index (χ1v) is 12.6. The van der Waals surface area contributed by atoms with E-state index in [9.17, 15) is 14.4 Å². The van der Waals surface area contributed by atoms with Crippen molar-refractivity contribution in [3.05, 3.63) is 71.8 Å². The Hall–Kier alpha value is -3.65. The van der Waals surface area contributed by atoms with Gasteiger partial charge in [0, 0.05) is 38.4 Å². The molecule has 1 heterocycles. The Bertz CT molecular complexity index is 1020. The highest BCUT2D eigenvalue weighted by Gasteiger charge is 2.28. The van der Waals surface area contributed by atoms with Crippen LogP contribution in [0.1, 0.15) is 42.6 Å². The van der Waals surface area contributed by atoms with E-state index in [4.69, 9.17) is 4.74 Å². The standard InChI is InChI=1S/C28H36N4O4/c1-3-9-25(30-28(35)29-24-15-13-23(14-16-24)27(34)36-4-2)26(33)32-20-18-31(19-21-32)17-8-12-22-10-6-5-7-11-22/h5-8,10-16,25H,3-4,9,17-21H2,1-2H3,(H2,29,30,35)/b12-8+. The van der Waals surface area contributed by atoms with E-state index in [1.54, 1.807) is 31.2 Å². The summed E-state index contributed by atoms with van der Waals surface area (Å²) in [7, 11) is 0. The van der Waals surface area contributed by atoms with E-state index in [1.165, 1.54) is 5.56 Å². The van der Waals surface area contributed by atoms with Gasteiger partial charge in [0.15, 0.2) is 0 Å². The van der Waals surface area contributed by atoms with E-state index < -0.39 is 18.0 Å². The quantitative estimate of drug-likeness (QED) is 0.489. The van der Waals surface area contributed by atoms with Crippen LogP contribution in [0.2, 0.25) is 0 Å². The van der Waals surface area contributed by atoms with Crippen LogP contribution in [0.15, 0.2) is 60.7 Å². The topological polar surface area (TPSA) is 91.0 Å². The van der Waals surface area contributed by atoms with Crippen molar-refractivity contribution in [2.45, 2.75) is 32.7 Å². The van der Waals surface area contributed by atoms with Gasteiger partial charge in [-0.3, -0.25) is 9.69 Å². The third kappa shape index (κ3) is 8.23. The summed E-state index contributed by atoms with van der Waals surface area (Å²) in [4.78, 5) is 41.7. The zero-order valence-electron chi connectivity index (χ0n) is 21.1. The van der Waals surface area contributed by atoms with Gasteiger partial charge < -0.3 is 20.3 Å². The fraction of sp³-hybridized carbons (Fsp3) is 0.393. The molecule has 0 saturated carbocycles. The molecule has 1 unspecified atom stereocenters. The molecule has 1 aliphatic rings. The number of anilines is 1. The molecule has 1 fully saturated rings. The molecule has 2 aromatic rings. The summed E-state index contributed by atoms with van der Waals surface area (Å²) < 4.78 is 4.97. The van der Waals surface area contributed by atoms with Crippen LogP contribution in [0.3, 0.4) is 0 Å². The second-order valence-electron chi connectivity index (χ2n) is 8.68. The first-order chi connectivity index (χ1) is 17.5. The Balaban J connectivity index is 1.47. The number of nitrogens with one attached hydrogen (secondary N) is 2. The minimum Gasteiger partial charge on any atom is -0.462 e. The van der Waals surface area contributed by atoms with Crippen molar-refractivity contribution in [3.63, 3.8) is 0 Å².